The summed E-state index contributed by atoms with van der Waals surface area (Å²) in [4.78, 5) is 29.8. The normalized spacial score (nSPS) is 31.0. The molecule has 0 spiro atoms. The summed E-state index contributed by atoms with van der Waals surface area (Å²) in [5.41, 5.74) is 0. The maximum Gasteiger partial charge on any atom is 0.326 e. The number of hydrogen-bond donors (Lipinski definition) is 1. The molecule has 0 aromatic carbocycles. The SMILES string of the molecule is CC1CCCN(C(=O)N(C)C2CCCN(C)C2)C1C(=O)O. The number of piperidine rings is 2. The molecule has 2 amide bonds. The topological polar surface area (TPSA) is 64.1 Å². The molecule has 3 atom stereocenters. The van der Waals surface area contributed by atoms with Crippen molar-refractivity contribution in [3.8, 4) is 0 Å². The molecule has 0 radical (unpaired) electrons. The molecule has 2 fully saturated rings. The van der Waals surface area contributed by atoms with E-state index in [1.54, 1.807) is 9.80 Å². The number of amides is 2. The molecular formula is C15H27N3O3. The molecule has 21 heavy (non-hydrogen) atoms. The lowest BCUT2D eigenvalue weighted by atomic mass is 9.91. The largest absolute Gasteiger partial charge is 0.480 e. The second-order valence-electron chi connectivity index (χ2n) is 6.55. The monoisotopic (exact) mass is 297 g/mol. The molecule has 0 aromatic rings. The van der Waals surface area contributed by atoms with E-state index >= 15 is 0 Å². The van der Waals surface area contributed by atoms with Gasteiger partial charge < -0.3 is 19.8 Å². The van der Waals surface area contributed by atoms with Crippen molar-refractivity contribution in [3.63, 3.8) is 0 Å². The van der Waals surface area contributed by atoms with Crippen LogP contribution in [0, 0.1) is 5.92 Å². The Labute approximate surface area is 126 Å². The van der Waals surface area contributed by atoms with Gasteiger partial charge in [0.2, 0.25) is 0 Å². The van der Waals surface area contributed by atoms with Gasteiger partial charge in [0.25, 0.3) is 0 Å². The fourth-order valence-electron chi connectivity index (χ4n) is 3.59. The van der Waals surface area contributed by atoms with Crippen molar-refractivity contribution in [2.45, 2.75) is 44.7 Å². The first-order chi connectivity index (χ1) is 9.91. The molecule has 2 aliphatic rings. The molecule has 0 aliphatic carbocycles. The van der Waals surface area contributed by atoms with E-state index in [2.05, 4.69) is 11.9 Å². The summed E-state index contributed by atoms with van der Waals surface area (Å²) in [5.74, 6) is -0.868. The van der Waals surface area contributed by atoms with Gasteiger partial charge in [0.05, 0.1) is 0 Å². The van der Waals surface area contributed by atoms with Crippen LogP contribution in [0.25, 0.3) is 0 Å². The Morgan fingerprint density at radius 1 is 1.19 bits per heavy atom. The third-order valence-electron chi connectivity index (χ3n) is 4.88. The van der Waals surface area contributed by atoms with Crippen molar-refractivity contribution in [2.24, 2.45) is 5.92 Å². The number of aliphatic carboxylic acids is 1. The van der Waals surface area contributed by atoms with Crippen molar-refractivity contribution >= 4 is 12.0 Å². The molecule has 2 heterocycles. The number of carboxylic acid groups (broad SMARTS) is 1. The highest BCUT2D eigenvalue weighted by Crippen LogP contribution is 2.25. The fourth-order valence-corrected chi connectivity index (χ4v) is 3.59. The highest BCUT2D eigenvalue weighted by atomic mass is 16.4. The number of likely N-dealkylation sites (N-methyl/N-ethyl adjacent to an activating group) is 2. The molecule has 1 N–H and O–H groups in total. The first-order valence-corrected chi connectivity index (χ1v) is 7.86. The molecule has 6 heteroatoms. The summed E-state index contributed by atoms with van der Waals surface area (Å²) < 4.78 is 0. The highest BCUT2D eigenvalue weighted by molar-refractivity contribution is 5.83. The van der Waals surface area contributed by atoms with E-state index in [9.17, 15) is 14.7 Å². The van der Waals surface area contributed by atoms with Crippen molar-refractivity contribution < 1.29 is 14.7 Å². The number of carbonyl (C=O) groups is 2. The third kappa shape index (κ3) is 3.48. The van der Waals surface area contributed by atoms with Crippen LogP contribution in [0.3, 0.4) is 0 Å². The van der Waals surface area contributed by atoms with Crippen LogP contribution in [-0.4, -0.2) is 77.6 Å². The highest BCUT2D eigenvalue weighted by Gasteiger charge is 2.39. The number of carbonyl (C=O) groups excluding carboxylic acids is 1. The molecule has 120 valence electrons. The molecule has 2 saturated heterocycles. The van der Waals surface area contributed by atoms with Gasteiger partial charge in [-0.25, -0.2) is 9.59 Å². The van der Waals surface area contributed by atoms with Crippen molar-refractivity contribution in [1.82, 2.24) is 14.7 Å². The van der Waals surface area contributed by atoms with Crippen molar-refractivity contribution in [3.05, 3.63) is 0 Å². The minimum Gasteiger partial charge on any atom is -0.480 e. The molecule has 3 unspecified atom stereocenters. The fraction of sp³-hybridized carbons (Fsp3) is 0.867. The zero-order valence-corrected chi connectivity index (χ0v) is 13.3. The van der Waals surface area contributed by atoms with Crippen LogP contribution in [0.5, 0.6) is 0 Å². The summed E-state index contributed by atoms with van der Waals surface area (Å²) in [6, 6.07) is -0.632. The Kier molecular flexibility index (Phi) is 5.08. The Morgan fingerprint density at radius 3 is 2.48 bits per heavy atom. The number of urea groups is 1. The van der Waals surface area contributed by atoms with E-state index in [0.29, 0.717) is 6.54 Å². The first-order valence-electron chi connectivity index (χ1n) is 7.86. The second kappa shape index (κ2) is 6.64. The number of nitrogens with zero attached hydrogens (tertiary/aromatic N) is 3. The predicted octanol–water partition coefficient (Wildman–Crippen LogP) is 1.32. The lowest BCUT2D eigenvalue weighted by Gasteiger charge is -2.42. The van der Waals surface area contributed by atoms with Crippen LogP contribution >= 0.6 is 0 Å². The Morgan fingerprint density at radius 2 is 1.86 bits per heavy atom. The second-order valence-corrected chi connectivity index (χ2v) is 6.55. The Balaban J connectivity index is 2.07. The number of likely N-dealkylation sites (tertiary alicyclic amines) is 2. The average Bonchev–Trinajstić information content (AvgIpc) is 2.45. The lowest BCUT2D eigenvalue weighted by Crippen LogP contribution is -2.58. The molecule has 0 saturated carbocycles. The van der Waals surface area contributed by atoms with Crippen molar-refractivity contribution in [1.29, 1.82) is 0 Å². The van der Waals surface area contributed by atoms with E-state index in [4.69, 9.17) is 0 Å². The number of rotatable bonds is 2. The minimum absolute atomic E-state index is 0.0163. The first kappa shape index (κ1) is 16.1. The van der Waals surface area contributed by atoms with Gasteiger partial charge in [0.1, 0.15) is 6.04 Å². The van der Waals surface area contributed by atoms with Gasteiger partial charge in [-0.15, -0.1) is 0 Å². The molecule has 0 aromatic heterocycles. The van der Waals surface area contributed by atoms with Gasteiger partial charge in [-0.1, -0.05) is 6.92 Å². The standard InChI is InChI=1S/C15H27N3O3/c1-11-6-4-9-18(13(11)14(19)20)15(21)17(3)12-7-5-8-16(2)10-12/h11-13H,4-10H2,1-3H3,(H,19,20). The summed E-state index contributed by atoms with van der Waals surface area (Å²) in [6.07, 6.45) is 3.83. The van der Waals surface area contributed by atoms with Gasteiger partial charge in [0, 0.05) is 26.2 Å². The van der Waals surface area contributed by atoms with Gasteiger partial charge in [0.15, 0.2) is 0 Å². The summed E-state index contributed by atoms with van der Waals surface area (Å²) in [5, 5.41) is 9.44. The summed E-state index contributed by atoms with van der Waals surface area (Å²) in [6.45, 7) is 4.40. The van der Waals surface area contributed by atoms with Crippen LogP contribution in [0.1, 0.15) is 32.6 Å². The molecular weight excluding hydrogens is 270 g/mol. The maximum absolute atomic E-state index is 12.7. The molecule has 2 rings (SSSR count). The zero-order valence-electron chi connectivity index (χ0n) is 13.3. The summed E-state index contributed by atoms with van der Waals surface area (Å²) in [7, 11) is 3.87. The van der Waals surface area contributed by atoms with Crippen LogP contribution in [0.4, 0.5) is 4.79 Å². The van der Waals surface area contributed by atoms with E-state index in [-0.39, 0.29) is 18.0 Å². The lowest BCUT2D eigenvalue weighted by molar-refractivity contribution is -0.145. The van der Waals surface area contributed by atoms with Crippen LogP contribution in [-0.2, 0) is 4.79 Å². The van der Waals surface area contributed by atoms with E-state index in [1.807, 2.05) is 14.0 Å². The molecule has 6 nitrogen and oxygen atoms in total. The average molecular weight is 297 g/mol. The van der Waals surface area contributed by atoms with Gasteiger partial charge in [-0.05, 0) is 45.2 Å². The van der Waals surface area contributed by atoms with E-state index in [0.717, 1.165) is 38.8 Å². The van der Waals surface area contributed by atoms with Crippen molar-refractivity contribution in [2.75, 3.05) is 33.7 Å². The summed E-state index contributed by atoms with van der Waals surface area (Å²) >= 11 is 0. The van der Waals surface area contributed by atoms with Crippen LogP contribution in [0.15, 0.2) is 0 Å². The molecule has 0 bridgehead atoms. The predicted molar refractivity (Wildman–Crippen MR) is 80.2 cm³/mol. The Hall–Kier alpha value is -1.30. The van der Waals surface area contributed by atoms with Gasteiger partial charge in [-0.2, -0.15) is 0 Å². The van der Waals surface area contributed by atoms with E-state index < -0.39 is 12.0 Å². The van der Waals surface area contributed by atoms with Gasteiger partial charge >= 0.3 is 12.0 Å². The number of carboxylic acids is 1. The van der Waals surface area contributed by atoms with Crippen LogP contribution < -0.4 is 0 Å². The Bertz CT molecular complexity index is 402. The smallest absolute Gasteiger partial charge is 0.326 e. The van der Waals surface area contributed by atoms with Crippen LogP contribution in [0.2, 0.25) is 0 Å². The third-order valence-corrected chi connectivity index (χ3v) is 4.88. The quantitative estimate of drug-likeness (QED) is 0.835. The van der Waals surface area contributed by atoms with Gasteiger partial charge in [-0.3, -0.25) is 0 Å². The van der Waals surface area contributed by atoms with E-state index in [1.165, 1.54) is 0 Å². The zero-order chi connectivity index (χ0) is 15.6. The molecule has 2 aliphatic heterocycles. The number of hydrogen-bond acceptors (Lipinski definition) is 3. The maximum atomic E-state index is 12.7. The minimum atomic E-state index is -0.885.